The zero-order chi connectivity index (χ0) is 29.6. The van der Waals surface area contributed by atoms with Crippen LogP contribution in [0.5, 0.6) is 5.88 Å². The third kappa shape index (κ3) is 5.79. The summed E-state index contributed by atoms with van der Waals surface area (Å²) in [5, 5.41) is 11.0. The van der Waals surface area contributed by atoms with Crippen molar-refractivity contribution in [1.82, 2.24) is 24.9 Å². The first-order valence-corrected chi connectivity index (χ1v) is 12.0. The summed E-state index contributed by atoms with van der Waals surface area (Å²) in [6.45, 7) is 0. The van der Waals surface area contributed by atoms with Gasteiger partial charge in [-0.05, 0) is 35.3 Å². The molecule has 2 N–H and O–H groups in total. The van der Waals surface area contributed by atoms with Crippen LogP contribution in [0.1, 0.15) is 24.2 Å². The van der Waals surface area contributed by atoms with Crippen LogP contribution in [0.3, 0.4) is 0 Å². The van der Waals surface area contributed by atoms with Gasteiger partial charge in [0.25, 0.3) is 5.88 Å². The highest BCUT2D eigenvalue weighted by Crippen LogP contribution is 2.59. The van der Waals surface area contributed by atoms with Gasteiger partial charge in [0.2, 0.25) is 11.9 Å². The first-order chi connectivity index (χ1) is 19.3. The molecule has 17 heteroatoms. The average Bonchev–Trinajstić information content (AvgIpc) is 3.43. The molecule has 0 saturated heterocycles. The van der Waals surface area contributed by atoms with E-state index in [0.717, 1.165) is 10.7 Å². The summed E-state index contributed by atoms with van der Waals surface area (Å²) in [4.78, 5) is 20.8. The van der Waals surface area contributed by atoms with Gasteiger partial charge in [-0.15, -0.1) is 5.10 Å². The maximum Gasteiger partial charge on any atom is 0.401 e. The molecular formula is C24H18B3F4N7O3. The van der Waals surface area contributed by atoms with E-state index in [2.05, 4.69) is 30.9 Å². The fraction of sp³-hybridized carbons (Fsp3) is 0.292. The highest BCUT2D eigenvalue weighted by molar-refractivity contribution is 6.56. The van der Waals surface area contributed by atoms with Gasteiger partial charge in [-0.1, -0.05) is 17.3 Å². The van der Waals surface area contributed by atoms with Gasteiger partial charge >= 0.3 is 6.18 Å². The average molecular weight is 561 g/mol. The monoisotopic (exact) mass is 561 g/mol. The van der Waals surface area contributed by atoms with E-state index >= 15 is 0 Å². The van der Waals surface area contributed by atoms with Gasteiger partial charge in [-0.25, -0.2) is 14.4 Å². The Balaban J connectivity index is 1.22. The molecule has 1 aliphatic carbocycles. The second-order valence-corrected chi connectivity index (χ2v) is 9.49. The number of aromatic nitrogens is 5. The molecule has 4 aromatic rings. The van der Waals surface area contributed by atoms with Crippen LogP contribution in [-0.2, 0) is 21.9 Å². The van der Waals surface area contributed by atoms with Crippen LogP contribution < -0.4 is 15.4 Å². The smallest absolute Gasteiger partial charge is 0.401 e. The normalized spacial score (nSPS) is 14.5. The lowest BCUT2D eigenvalue weighted by molar-refractivity contribution is -0.165. The Hall–Kier alpha value is -4.30. The van der Waals surface area contributed by atoms with Gasteiger partial charge in [0.05, 0.1) is 43.3 Å². The van der Waals surface area contributed by atoms with Gasteiger partial charge < -0.3 is 19.9 Å². The predicted octanol–water partition coefficient (Wildman–Crippen LogP) is 3.07. The van der Waals surface area contributed by atoms with Gasteiger partial charge in [0.15, 0.2) is 11.6 Å². The van der Waals surface area contributed by atoms with E-state index in [1.54, 1.807) is 6.07 Å². The van der Waals surface area contributed by atoms with Crippen LogP contribution in [-0.4, -0.2) is 67.6 Å². The van der Waals surface area contributed by atoms with E-state index < -0.39 is 28.6 Å². The molecule has 0 atom stereocenters. The zero-order valence-corrected chi connectivity index (χ0v) is 21.4. The molecule has 10 nitrogen and oxygen atoms in total. The fourth-order valence-corrected chi connectivity index (χ4v) is 4.04. The topological polar surface area (TPSA) is 120 Å². The molecule has 41 heavy (non-hydrogen) atoms. The number of carbonyl (C=O) groups excluding carboxylic acids is 1. The maximum absolute atomic E-state index is 14.8. The van der Waals surface area contributed by atoms with E-state index in [9.17, 15) is 22.4 Å². The van der Waals surface area contributed by atoms with Gasteiger partial charge in [-0.3, -0.25) is 9.48 Å². The van der Waals surface area contributed by atoms with Crippen LogP contribution in [0.4, 0.5) is 35.0 Å². The Morgan fingerprint density at radius 1 is 1.15 bits per heavy atom. The van der Waals surface area contributed by atoms with Gasteiger partial charge in [0.1, 0.15) is 16.9 Å². The summed E-state index contributed by atoms with van der Waals surface area (Å²) in [6, 6.07) is 5.23. The minimum Gasteiger partial charge on any atom is -0.478 e. The number of anilines is 3. The number of methoxy groups -OCH3 is 1. The van der Waals surface area contributed by atoms with Crippen molar-refractivity contribution in [3.8, 4) is 17.0 Å². The lowest BCUT2D eigenvalue weighted by Crippen LogP contribution is -2.35. The molecule has 0 unspecified atom stereocenters. The van der Waals surface area contributed by atoms with Crippen molar-refractivity contribution in [2.75, 3.05) is 17.7 Å². The molecule has 6 radical (unpaired) electrons. The number of nitrogens with one attached hydrogen (secondary N) is 2. The van der Waals surface area contributed by atoms with E-state index in [1.165, 1.54) is 37.8 Å². The maximum atomic E-state index is 14.8. The van der Waals surface area contributed by atoms with Crippen molar-refractivity contribution in [2.45, 2.75) is 36.1 Å². The Morgan fingerprint density at radius 2 is 1.85 bits per heavy atom. The summed E-state index contributed by atoms with van der Waals surface area (Å²) in [7, 11) is 18.3. The molecule has 0 spiro atoms. The second-order valence-electron chi connectivity index (χ2n) is 9.49. The molecular weight excluding hydrogens is 543 g/mol. The predicted molar refractivity (Wildman–Crippen MR) is 141 cm³/mol. The summed E-state index contributed by atoms with van der Waals surface area (Å²) >= 11 is 0. The van der Waals surface area contributed by atoms with E-state index in [1.807, 2.05) is 0 Å². The van der Waals surface area contributed by atoms with Crippen LogP contribution in [0, 0.1) is 5.82 Å². The molecule has 1 fully saturated rings. The first-order valence-electron chi connectivity index (χ1n) is 12.0. The van der Waals surface area contributed by atoms with E-state index in [4.69, 9.17) is 32.8 Å². The van der Waals surface area contributed by atoms with Gasteiger partial charge in [0, 0.05) is 24.0 Å². The lowest BCUT2D eigenvalue weighted by atomic mass is 9.49. The highest BCUT2D eigenvalue weighted by atomic mass is 19.4. The van der Waals surface area contributed by atoms with Gasteiger partial charge in [-0.2, -0.15) is 13.2 Å². The second kappa shape index (κ2) is 10.3. The number of alkyl halides is 3. The van der Waals surface area contributed by atoms with Crippen molar-refractivity contribution in [3.63, 3.8) is 0 Å². The van der Waals surface area contributed by atoms with Crippen LogP contribution >= 0.6 is 0 Å². The Kier molecular flexibility index (Phi) is 7.08. The Morgan fingerprint density at radius 3 is 2.44 bits per heavy atom. The van der Waals surface area contributed by atoms with Crippen LogP contribution in [0.15, 0.2) is 47.4 Å². The number of hydrogen-bond donors (Lipinski definition) is 2. The Bertz CT molecular complexity index is 1580. The van der Waals surface area contributed by atoms with Crippen LogP contribution in [0.2, 0.25) is 0 Å². The van der Waals surface area contributed by atoms with E-state index in [0.29, 0.717) is 16.8 Å². The number of carbonyl (C=O) groups is 1. The number of amides is 1. The van der Waals surface area contributed by atoms with Crippen molar-refractivity contribution in [2.24, 2.45) is 0 Å². The molecule has 5 rings (SSSR count). The van der Waals surface area contributed by atoms with E-state index in [-0.39, 0.29) is 48.2 Å². The first kappa shape index (κ1) is 28.2. The SMILES string of the molecule is [B]C([B])([B])n1cc(Nc2ncc(-c3ccc(CC(=O)Nc4cc(C5(C(F)(F)F)CC5)on4)c(F)c3)cn2)c(OC)n1. The number of nitrogens with zero attached hydrogens (tertiary/aromatic N) is 5. The minimum absolute atomic E-state index is 0.0584. The molecule has 1 aliphatic rings. The Labute approximate surface area is 234 Å². The third-order valence-electron chi connectivity index (χ3n) is 6.45. The summed E-state index contributed by atoms with van der Waals surface area (Å²) in [5.74, 6) is -1.60. The highest BCUT2D eigenvalue weighted by Gasteiger charge is 2.66. The molecule has 3 heterocycles. The number of benzene rings is 1. The zero-order valence-electron chi connectivity index (χ0n) is 21.4. The van der Waals surface area contributed by atoms with Crippen molar-refractivity contribution in [1.29, 1.82) is 0 Å². The molecule has 1 amide bonds. The minimum atomic E-state index is -4.48. The van der Waals surface area contributed by atoms with Crippen molar-refractivity contribution >= 4 is 46.9 Å². The summed E-state index contributed by atoms with van der Waals surface area (Å²) < 4.78 is 65.7. The standard InChI is InChI=1S/C24H18B3F4N7O3/c1-40-20-16(11-38(36-20)24(25,26)27)34-21-32-9-14(10-33-21)12-2-3-13(15(28)6-12)7-19(39)35-18-8-17(41-37-18)22(4-5-22)23(29,30)31/h2-3,6,8-11H,4-5,7H2,1H3,(H,32,33,34)(H,35,37,39). The van der Waals surface area contributed by atoms with Crippen molar-refractivity contribution < 1.29 is 31.6 Å². The lowest BCUT2D eigenvalue weighted by Gasteiger charge is -2.20. The third-order valence-corrected chi connectivity index (χ3v) is 6.45. The van der Waals surface area contributed by atoms with Crippen LogP contribution in [0.25, 0.3) is 11.1 Å². The van der Waals surface area contributed by atoms with Crippen molar-refractivity contribution in [3.05, 3.63) is 60.0 Å². The number of hydrogen-bond acceptors (Lipinski definition) is 8. The summed E-state index contributed by atoms with van der Waals surface area (Å²) in [5.41, 5.74) is -0.750. The molecule has 0 bridgehead atoms. The number of rotatable bonds is 9. The molecule has 1 saturated carbocycles. The summed E-state index contributed by atoms with van der Waals surface area (Å²) in [6.07, 6.45) is -0.783. The fourth-order valence-electron chi connectivity index (χ4n) is 4.04. The number of ether oxygens (including phenoxy) is 1. The molecule has 3 aromatic heterocycles. The molecule has 204 valence electrons. The molecule has 1 aromatic carbocycles. The quantitative estimate of drug-likeness (QED) is 0.237. The molecule has 0 aliphatic heterocycles. The number of halogens is 4. The largest absolute Gasteiger partial charge is 0.478 e.